The zero-order valence-electron chi connectivity index (χ0n) is 16.0. The first-order valence-electron chi connectivity index (χ1n) is 9.51. The summed E-state index contributed by atoms with van der Waals surface area (Å²) in [6.45, 7) is 6.37. The number of rotatable bonds is 5. The van der Waals surface area contributed by atoms with Crippen LogP contribution in [0.5, 0.6) is 0 Å². The van der Waals surface area contributed by atoms with Crippen molar-refractivity contribution >= 4 is 23.2 Å². The Bertz CT molecular complexity index is 776. The quantitative estimate of drug-likeness (QED) is 0.851. The highest BCUT2D eigenvalue weighted by atomic mass is 16.2. The highest BCUT2D eigenvalue weighted by Crippen LogP contribution is 2.24. The summed E-state index contributed by atoms with van der Waals surface area (Å²) >= 11 is 0. The number of aryl methyl sites for hydroxylation is 1. The number of piperidine rings is 1. The number of anilines is 2. The van der Waals surface area contributed by atoms with Gasteiger partial charge in [0, 0.05) is 30.0 Å². The lowest BCUT2D eigenvalue weighted by Gasteiger charge is -2.32. The van der Waals surface area contributed by atoms with Gasteiger partial charge >= 0.3 is 0 Å². The van der Waals surface area contributed by atoms with Gasteiger partial charge in [0.15, 0.2) is 0 Å². The summed E-state index contributed by atoms with van der Waals surface area (Å²) < 4.78 is 0. The molecule has 1 fully saturated rings. The van der Waals surface area contributed by atoms with Crippen LogP contribution in [0, 0.1) is 12.8 Å². The minimum atomic E-state index is -0.250. The second kappa shape index (κ2) is 8.71. The van der Waals surface area contributed by atoms with Crippen molar-refractivity contribution in [3.63, 3.8) is 0 Å². The van der Waals surface area contributed by atoms with Crippen LogP contribution in [-0.4, -0.2) is 31.4 Å². The van der Waals surface area contributed by atoms with E-state index in [1.54, 1.807) is 12.1 Å². The molecule has 1 heterocycles. The van der Waals surface area contributed by atoms with Gasteiger partial charge in [0.25, 0.3) is 5.91 Å². The molecule has 3 rings (SSSR count). The molecule has 2 aromatic rings. The molecule has 1 aliphatic rings. The van der Waals surface area contributed by atoms with Crippen LogP contribution < -0.4 is 15.5 Å². The summed E-state index contributed by atoms with van der Waals surface area (Å²) in [5, 5.41) is 5.47. The molecule has 0 aromatic heterocycles. The third-order valence-electron chi connectivity index (χ3n) is 5.02. The summed E-state index contributed by atoms with van der Waals surface area (Å²) in [5.74, 6) is 0.310. The molecule has 2 N–H and O–H groups in total. The van der Waals surface area contributed by atoms with Crippen molar-refractivity contribution in [2.24, 2.45) is 5.92 Å². The Morgan fingerprint density at radius 1 is 1.00 bits per heavy atom. The predicted molar refractivity (Wildman–Crippen MR) is 109 cm³/mol. The Morgan fingerprint density at radius 2 is 1.63 bits per heavy atom. The van der Waals surface area contributed by atoms with Gasteiger partial charge in [-0.2, -0.15) is 0 Å². The lowest BCUT2D eigenvalue weighted by Crippen LogP contribution is -2.33. The number of hydrogen-bond acceptors (Lipinski definition) is 3. The highest BCUT2D eigenvalue weighted by molar-refractivity contribution is 5.99. The van der Waals surface area contributed by atoms with Crippen molar-refractivity contribution in [2.75, 3.05) is 29.9 Å². The summed E-state index contributed by atoms with van der Waals surface area (Å²) in [6.07, 6.45) is 2.44. The van der Waals surface area contributed by atoms with Gasteiger partial charge in [0.1, 0.15) is 0 Å². The number of benzene rings is 2. The molecule has 0 atom stereocenters. The van der Waals surface area contributed by atoms with E-state index in [2.05, 4.69) is 22.5 Å². The topological polar surface area (TPSA) is 61.4 Å². The van der Waals surface area contributed by atoms with Gasteiger partial charge < -0.3 is 15.5 Å². The van der Waals surface area contributed by atoms with Gasteiger partial charge in [-0.3, -0.25) is 9.59 Å². The normalized spacial score (nSPS) is 14.7. The number of carbonyl (C=O) groups excluding carboxylic acids is 2. The molecule has 0 unspecified atom stereocenters. The summed E-state index contributed by atoms with van der Waals surface area (Å²) in [5.41, 5.74) is 3.56. The van der Waals surface area contributed by atoms with Crippen molar-refractivity contribution in [1.82, 2.24) is 5.32 Å². The Labute approximate surface area is 160 Å². The molecule has 5 heteroatoms. The van der Waals surface area contributed by atoms with E-state index < -0.39 is 0 Å². The number of amides is 2. The third kappa shape index (κ3) is 5.33. The number of nitrogens with one attached hydrogen (secondary N) is 2. The molecule has 0 radical (unpaired) electrons. The number of carbonyl (C=O) groups is 2. The Kier molecular flexibility index (Phi) is 6.12. The molecule has 142 valence electrons. The lowest BCUT2D eigenvalue weighted by atomic mass is 9.99. The average Bonchev–Trinajstić information content (AvgIpc) is 2.68. The molecule has 0 aliphatic carbocycles. The van der Waals surface area contributed by atoms with Crippen molar-refractivity contribution in [2.45, 2.75) is 26.7 Å². The minimum Gasteiger partial charge on any atom is -0.372 e. The maximum Gasteiger partial charge on any atom is 0.251 e. The van der Waals surface area contributed by atoms with Crippen LogP contribution in [0.2, 0.25) is 0 Å². The predicted octanol–water partition coefficient (Wildman–Crippen LogP) is 3.60. The van der Waals surface area contributed by atoms with Gasteiger partial charge in [-0.05, 0) is 62.1 Å². The third-order valence-corrected chi connectivity index (χ3v) is 5.02. The number of nitrogens with zero attached hydrogens (tertiary/aromatic N) is 1. The fraction of sp³-hybridized carbons (Fsp3) is 0.364. The van der Waals surface area contributed by atoms with Crippen LogP contribution >= 0.6 is 0 Å². The first-order valence-corrected chi connectivity index (χ1v) is 9.51. The molecule has 2 aromatic carbocycles. The van der Waals surface area contributed by atoms with Crippen LogP contribution in [-0.2, 0) is 4.79 Å². The lowest BCUT2D eigenvalue weighted by molar-refractivity contribution is -0.115. The summed E-state index contributed by atoms with van der Waals surface area (Å²) in [4.78, 5) is 26.5. The molecule has 5 nitrogen and oxygen atoms in total. The van der Waals surface area contributed by atoms with Gasteiger partial charge in [-0.1, -0.05) is 24.6 Å². The van der Waals surface area contributed by atoms with E-state index in [1.807, 2.05) is 43.3 Å². The molecule has 1 aliphatic heterocycles. The second-order valence-corrected chi connectivity index (χ2v) is 7.31. The highest BCUT2D eigenvalue weighted by Gasteiger charge is 2.16. The average molecular weight is 365 g/mol. The van der Waals surface area contributed by atoms with E-state index in [-0.39, 0.29) is 18.4 Å². The van der Waals surface area contributed by atoms with Crippen molar-refractivity contribution in [3.8, 4) is 0 Å². The molecule has 1 saturated heterocycles. The van der Waals surface area contributed by atoms with Crippen LogP contribution in [0.25, 0.3) is 0 Å². The van der Waals surface area contributed by atoms with E-state index in [0.29, 0.717) is 5.56 Å². The van der Waals surface area contributed by atoms with E-state index in [9.17, 15) is 9.59 Å². The Hall–Kier alpha value is -2.82. The van der Waals surface area contributed by atoms with Crippen molar-refractivity contribution in [3.05, 3.63) is 59.7 Å². The van der Waals surface area contributed by atoms with Gasteiger partial charge in [0.2, 0.25) is 5.91 Å². The first kappa shape index (κ1) is 19.0. The second-order valence-electron chi connectivity index (χ2n) is 7.31. The van der Waals surface area contributed by atoms with Gasteiger partial charge in [0.05, 0.1) is 6.54 Å². The summed E-state index contributed by atoms with van der Waals surface area (Å²) in [7, 11) is 0. The standard InChI is InChI=1S/C22H27N3O2/c1-16-3-5-18(6-4-16)22(27)23-15-21(26)24-19-7-9-20(10-8-19)25-13-11-17(2)12-14-25/h3-10,17H,11-15H2,1-2H3,(H,23,27)(H,24,26). The molecular weight excluding hydrogens is 338 g/mol. The van der Waals surface area contributed by atoms with Crippen molar-refractivity contribution < 1.29 is 9.59 Å². The molecule has 0 spiro atoms. The van der Waals surface area contributed by atoms with Gasteiger partial charge in [-0.15, -0.1) is 0 Å². The Morgan fingerprint density at radius 3 is 2.26 bits per heavy atom. The molecule has 2 amide bonds. The zero-order chi connectivity index (χ0) is 19.2. The minimum absolute atomic E-state index is 0.0571. The maximum absolute atomic E-state index is 12.1. The smallest absolute Gasteiger partial charge is 0.251 e. The SMILES string of the molecule is Cc1ccc(C(=O)NCC(=O)Nc2ccc(N3CCC(C)CC3)cc2)cc1. The number of hydrogen-bond donors (Lipinski definition) is 2. The Balaban J connectivity index is 1.47. The van der Waals surface area contributed by atoms with E-state index in [4.69, 9.17) is 0 Å². The van der Waals surface area contributed by atoms with E-state index >= 15 is 0 Å². The van der Waals surface area contributed by atoms with Crippen LogP contribution in [0.15, 0.2) is 48.5 Å². The van der Waals surface area contributed by atoms with Crippen molar-refractivity contribution in [1.29, 1.82) is 0 Å². The molecule has 0 saturated carbocycles. The maximum atomic E-state index is 12.1. The molecule has 27 heavy (non-hydrogen) atoms. The first-order chi connectivity index (χ1) is 13.0. The largest absolute Gasteiger partial charge is 0.372 e. The van der Waals surface area contributed by atoms with Crippen LogP contribution in [0.3, 0.4) is 0 Å². The summed E-state index contributed by atoms with van der Waals surface area (Å²) in [6, 6.07) is 15.2. The van der Waals surface area contributed by atoms with E-state index in [0.717, 1.165) is 30.3 Å². The fourth-order valence-corrected chi connectivity index (χ4v) is 3.20. The molecule has 0 bridgehead atoms. The van der Waals surface area contributed by atoms with E-state index in [1.165, 1.54) is 18.5 Å². The van der Waals surface area contributed by atoms with Gasteiger partial charge in [-0.25, -0.2) is 0 Å². The van der Waals surface area contributed by atoms with Crippen LogP contribution in [0.1, 0.15) is 35.7 Å². The van der Waals surface area contributed by atoms with Crippen LogP contribution in [0.4, 0.5) is 11.4 Å². The zero-order valence-corrected chi connectivity index (χ0v) is 16.0. The fourth-order valence-electron chi connectivity index (χ4n) is 3.20. The monoisotopic (exact) mass is 365 g/mol. The molecular formula is C22H27N3O2.